The maximum absolute atomic E-state index is 13.3. The fourth-order valence-electron chi connectivity index (χ4n) is 3.94. The maximum Gasteiger partial charge on any atom is 0.159 e. The molecule has 4 heteroatoms. The molecule has 1 fully saturated rings. The number of aryl methyl sites for hydroxylation is 1. The van der Waals surface area contributed by atoms with E-state index in [0.29, 0.717) is 11.4 Å². The second-order valence-electron chi connectivity index (χ2n) is 7.61. The van der Waals surface area contributed by atoms with Crippen LogP contribution in [-0.2, 0) is 6.42 Å². The Labute approximate surface area is 155 Å². The number of aromatic nitrogens is 2. The standard InChI is InChI=1S/C22H28F2N2/c1-2-3-4-16-5-7-17(8-6-16)9-10-18-14-25-22(26-15-18)19-11-12-20(23)21(24)13-19/h11-17H,2-10H2,1H3. The molecule has 2 nitrogen and oxygen atoms in total. The van der Waals surface area contributed by atoms with E-state index in [1.165, 1.54) is 57.4 Å². The van der Waals surface area contributed by atoms with E-state index in [1.807, 2.05) is 12.4 Å². The zero-order valence-electron chi connectivity index (χ0n) is 15.6. The van der Waals surface area contributed by atoms with E-state index < -0.39 is 11.6 Å². The van der Waals surface area contributed by atoms with E-state index in [1.54, 1.807) is 0 Å². The molecule has 1 aliphatic carbocycles. The van der Waals surface area contributed by atoms with Crippen LogP contribution in [0.4, 0.5) is 8.78 Å². The van der Waals surface area contributed by atoms with E-state index in [-0.39, 0.29) is 0 Å². The van der Waals surface area contributed by atoms with E-state index in [2.05, 4.69) is 16.9 Å². The van der Waals surface area contributed by atoms with Gasteiger partial charge in [-0.15, -0.1) is 0 Å². The smallest absolute Gasteiger partial charge is 0.159 e. The average molecular weight is 358 g/mol. The number of halogens is 2. The molecule has 0 atom stereocenters. The Morgan fingerprint density at radius 2 is 1.58 bits per heavy atom. The number of rotatable bonds is 7. The van der Waals surface area contributed by atoms with Crippen molar-refractivity contribution in [3.8, 4) is 11.4 Å². The first kappa shape index (κ1) is 18.9. The molecule has 0 bridgehead atoms. The third-order valence-electron chi connectivity index (χ3n) is 5.66. The highest BCUT2D eigenvalue weighted by molar-refractivity contribution is 5.54. The van der Waals surface area contributed by atoms with Crippen LogP contribution in [0.25, 0.3) is 11.4 Å². The summed E-state index contributed by atoms with van der Waals surface area (Å²) in [6.45, 7) is 2.27. The van der Waals surface area contributed by atoms with Crippen molar-refractivity contribution >= 4 is 0 Å². The number of unbranched alkanes of at least 4 members (excludes halogenated alkanes) is 1. The fourth-order valence-corrected chi connectivity index (χ4v) is 3.94. The minimum Gasteiger partial charge on any atom is -0.236 e. The van der Waals surface area contributed by atoms with Crippen molar-refractivity contribution in [3.05, 3.63) is 47.8 Å². The first-order chi connectivity index (χ1) is 12.7. The molecule has 26 heavy (non-hydrogen) atoms. The largest absolute Gasteiger partial charge is 0.236 e. The zero-order valence-corrected chi connectivity index (χ0v) is 15.6. The van der Waals surface area contributed by atoms with E-state index in [4.69, 9.17) is 0 Å². The molecule has 1 aromatic heterocycles. The quantitative estimate of drug-likeness (QED) is 0.576. The Hall–Kier alpha value is -1.84. The van der Waals surface area contributed by atoms with Crippen molar-refractivity contribution in [2.75, 3.05) is 0 Å². The molecule has 1 aliphatic rings. The monoisotopic (exact) mass is 358 g/mol. The second-order valence-corrected chi connectivity index (χ2v) is 7.61. The van der Waals surface area contributed by atoms with Crippen LogP contribution in [0.15, 0.2) is 30.6 Å². The summed E-state index contributed by atoms with van der Waals surface area (Å²) in [5, 5.41) is 0. The van der Waals surface area contributed by atoms with Crippen LogP contribution in [0, 0.1) is 23.5 Å². The molecule has 0 spiro atoms. The van der Waals surface area contributed by atoms with Gasteiger partial charge >= 0.3 is 0 Å². The first-order valence-corrected chi connectivity index (χ1v) is 9.92. The lowest BCUT2D eigenvalue weighted by atomic mass is 9.78. The van der Waals surface area contributed by atoms with Gasteiger partial charge in [0.2, 0.25) is 0 Å². The third-order valence-corrected chi connectivity index (χ3v) is 5.66. The second kappa shape index (κ2) is 9.20. The normalized spacial score (nSPS) is 20.3. The van der Waals surface area contributed by atoms with Crippen molar-refractivity contribution in [1.29, 1.82) is 0 Å². The van der Waals surface area contributed by atoms with Gasteiger partial charge in [-0.05, 0) is 48.4 Å². The highest BCUT2D eigenvalue weighted by atomic mass is 19.2. The third kappa shape index (κ3) is 5.09. The molecule has 0 saturated heterocycles. The van der Waals surface area contributed by atoms with Gasteiger partial charge in [0.15, 0.2) is 17.5 Å². The van der Waals surface area contributed by atoms with Gasteiger partial charge in [-0.2, -0.15) is 0 Å². The summed E-state index contributed by atoms with van der Waals surface area (Å²) >= 11 is 0. The Morgan fingerprint density at radius 1 is 0.923 bits per heavy atom. The summed E-state index contributed by atoms with van der Waals surface area (Å²) in [5.74, 6) is 0.479. The summed E-state index contributed by atoms with van der Waals surface area (Å²) < 4.78 is 26.4. The molecule has 0 amide bonds. The van der Waals surface area contributed by atoms with Crippen LogP contribution < -0.4 is 0 Å². The molecule has 0 N–H and O–H groups in total. The van der Waals surface area contributed by atoms with Crippen molar-refractivity contribution in [2.45, 2.75) is 64.7 Å². The van der Waals surface area contributed by atoms with Crippen LogP contribution in [0.3, 0.4) is 0 Å². The molecule has 2 aromatic rings. The van der Waals surface area contributed by atoms with E-state index in [9.17, 15) is 8.78 Å². The summed E-state index contributed by atoms with van der Waals surface area (Å²) in [6, 6.07) is 3.75. The van der Waals surface area contributed by atoms with Crippen molar-refractivity contribution in [2.24, 2.45) is 11.8 Å². The van der Waals surface area contributed by atoms with Crippen LogP contribution in [-0.4, -0.2) is 9.97 Å². The van der Waals surface area contributed by atoms with Gasteiger partial charge in [0.25, 0.3) is 0 Å². The van der Waals surface area contributed by atoms with Gasteiger partial charge in [-0.25, -0.2) is 18.7 Å². The van der Waals surface area contributed by atoms with E-state index in [0.717, 1.165) is 36.0 Å². The predicted molar refractivity (Wildman–Crippen MR) is 101 cm³/mol. The van der Waals surface area contributed by atoms with Crippen molar-refractivity contribution < 1.29 is 8.78 Å². The molecule has 1 heterocycles. The van der Waals surface area contributed by atoms with Crippen LogP contribution in [0.5, 0.6) is 0 Å². The SMILES string of the molecule is CCCCC1CCC(CCc2cnc(-c3ccc(F)c(F)c3)nc2)CC1. The summed E-state index contributed by atoms with van der Waals surface area (Å²) in [4.78, 5) is 8.66. The van der Waals surface area contributed by atoms with Gasteiger partial charge < -0.3 is 0 Å². The van der Waals surface area contributed by atoms with Crippen molar-refractivity contribution in [1.82, 2.24) is 9.97 Å². The van der Waals surface area contributed by atoms with Crippen LogP contribution >= 0.6 is 0 Å². The van der Waals surface area contributed by atoms with Gasteiger partial charge in [-0.3, -0.25) is 0 Å². The maximum atomic E-state index is 13.3. The average Bonchev–Trinajstić information content (AvgIpc) is 2.68. The molecular formula is C22H28F2N2. The minimum absolute atomic E-state index is 0.434. The van der Waals surface area contributed by atoms with Gasteiger partial charge in [-0.1, -0.05) is 51.9 Å². The Kier molecular flexibility index (Phi) is 6.70. The molecule has 0 aliphatic heterocycles. The van der Waals surface area contributed by atoms with E-state index >= 15 is 0 Å². The summed E-state index contributed by atoms with van der Waals surface area (Å²) in [7, 11) is 0. The number of hydrogen-bond donors (Lipinski definition) is 0. The summed E-state index contributed by atoms with van der Waals surface area (Å²) in [5.41, 5.74) is 1.62. The number of hydrogen-bond acceptors (Lipinski definition) is 2. The molecule has 0 unspecified atom stereocenters. The summed E-state index contributed by atoms with van der Waals surface area (Å²) in [6.07, 6.45) is 15.4. The first-order valence-electron chi connectivity index (χ1n) is 9.92. The molecule has 0 radical (unpaired) electrons. The lowest BCUT2D eigenvalue weighted by Crippen LogP contribution is -2.15. The molecular weight excluding hydrogens is 330 g/mol. The molecule has 1 aromatic carbocycles. The lowest BCUT2D eigenvalue weighted by molar-refractivity contribution is 0.250. The van der Waals surface area contributed by atoms with Gasteiger partial charge in [0.1, 0.15) is 0 Å². The molecule has 140 valence electrons. The minimum atomic E-state index is -0.871. The molecule has 3 rings (SSSR count). The fraction of sp³-hybridized carbons (Fsp3) is 0.545. The lowest BCUT2D eigenvalue weighted by Gasteiger charge is -2.28. The predicted octanol–water partition coefficient (Wildman–Crippen LogP) is 6.35. The van der Waals surface area contributed by atoms with Crippen molar-refractivity contribution in [3.63, 3.8) is 0 Å². The van der Waals surface area contributed by atoms with Crippen LogP contribution in [0.1, 0.15) is 63.9 Å². The number of nitrogens with zero attached hydrogens (tertiary/aromatic N) is 2. The van der Waals surface area contributed by atoms with Gasteiger partial charge in [0.05, 0.1) is 0 Å². The zero-order chi connectivity index (χ0) is 18.4. The highest BCUT2D eigenvalue weighted by Crippen LogP contribution is 2.34. The highest BCUT2D eigenvalue weighted by Gasteiger charge is 2.20. The van der Waals surface area contributed by atoms with Gasteiger partial charge in [0, 0.05) is 18.0 Å². The number of benzene rings is 1. The van der Waals surface area contributed by atoms with Crippen LogP contribution in [0.2, 0.25) is 0 Å². The Balaban J connectivity index is 1.48. The Bertz CT molecular complexity index is 692. The topological polar surface area (TPSA) is 25.8 Å². The Morgan fingerprint density at radius 3 is 2.19 bits per heavy atom. The molecule has 1 saturated carbocycles.